The fourth-order valence-corrected chi connectivity index (χ4v) is 2.69. The quantitative estimate of drug-likeness (QED) is 0.907. The molecule has 110 valence electrons. The molecule has 6 heteroatoms. The molecule has 0 saturated carbocycles. The summed E-state index contributed by atoms with van der Waals surface area (Å²) in [4.78, 5) is 4.57. The molecule has 0 fully saturated rings. The molecule has 0 radical (unpaired) electrons. The Labute approximate surface area is 120 Å². The van der Waals surface area contributed by atoms with Crippen molar-refractivity contribution in [2.75, 3.05) is 12.8 Å². The van der Waals surface area contributed by atoms with Gasteiger partial charge in [0.2, 0.25) is 0 Å². The molecular weight excluding hydrogens is 280 g/mol. The Morgan fingerprint density at radius 1 is 1.26 bits per heavy atom. The molecule has 0 aromatic carbocycles. The minimum absolute atomic E-state index is 0.0563. The Bertz CT molecular complexity index is 525. The van der Waals surface area contributed by atoms with E-state index in [0.29, 0.717) is 13.1 Å². The molecule has 1 rings (SSSR count). The van der Waals surface area contributed by atoms with Gasteiger partial charge in [-0.25, -0.2) is 13.4 Å². The lowest BCUT2D eigenvalue weighted by atomic mass is 9.93. The first kappa shape index (κ1) is 16.6. The van der Waals surface area contributed by atoms with E-state index < -0.39 is 14.6 Å². The zero-order valence-electron chi connectivity index (χ0n) is 12.6. The summed E-state index contributed by atoms with van der Waals surface area (Å²) in [5, 5.41) is 6.24. The minimum Gasteiger partial charge on any atom is -0.309 e. The van der Waals surface area contributed by atoms with Crippen molar-refractivity contribution in [2.45, 2.75) is 51.3 Å². The molecular formula is C13H24N2O2S2. The van der Waals surface area contributed by atoms with Crippen molar-refractivity contribution in [3.05, 3.63) is 16.1 Å². The summed E-state index contributed by atoms with van der Waals surface area (Å²) in [6.45, 7) is 10.9. The first-order valence-electron chi connectivity index (χ1n) is 6.29. The van der Waals surface area contributed by atoms with Crippen molar-refractivity contribution < 1.29 is 8.42 Å². The summed E-state index contributed by atoms with van der Waals surface area (Å²) in [6, 6.07) is 0. The Morgan fingerprint density at radius 3 is 2.26 bits per heavy atom. The molecule has 0 aliphatic heterocycles. The summed E-state index contributed by atoms with van der Waals surface area (Å²) in [5.74, 6) is 0. The molecule has 0 saturated heterocycles. The highest BCUT2D eigenvalue weighted by Gasteiger charge is 2.29. The molecule has 1 aromatic heterocycles. The molecule has 1 N–H and O–H groups in total. The van der Waals surface area contributed by atoms with Gasteiger partial charge >= 0.3 is 0 Å². The Balaban J connectivity index is 2.58. The lowest BCUT2D eigenvalue weighted by Crippen LogP contribution is -2.41. The Morgan fingerprint density at radius 2 is 1.84 bits per heavy atom. The maximum atomic E-state index is 11.6. The van der Waals surface area contributed by atoms with Gasteiger partial charge in [-0.2, -0.15) is 0 Å². The largest absolute Gasteiger partial charge is 0.309 e. The fourth-order valence-electron chi connectivity index (χ4n) is 1.34. The maximum Gasteiger partial charge on any atom is 0.153 e. The van der Waals surface area contributed by atoms with E-state index in [9.17, 15) is 8.42 Å². The molecule has 0 bridgehead atoms. The van der Waals surface area contributed by atoms with E-state index in [1.165, 1.54) is 6.26 Å². The highest BCUT2D eigenvalue weighted by Crippen LogP contribution is 2.23. The van der Waals surface area contributed by atoms with Crippen LogP contribution in [0.1, 0.15) is 45.3 Å². The first-order valence-corrected chi connectivity index (χ1v) is 9.06. The van der Waals surface area contributed by atoms with Gasteiger partial charge in [0.25, 0.3) is 0 Å². The van der Waals surface area contributed by atoms with Crippen LogP contribution in [-0.2, 0) is 21.8 Å². The predicted octanol–water partition coefficient (Wildman–Crippen LogP) is 2.35. The summed E-state index contributed by atoms with van der Waals surface area (Å²) in [5.41, 5.74) is 1.14. The van der Waals surface area contributed by atoms with Crippen LogP contribution in [0.2, 0.25) is 0 Å². The van der Waals surface area contributed by atoms with Gasteiger partial charge in [-0.15, -0.1) is 11.3 Å². The molecule has 0 unspecified atom stereocenters. The average molecular weight is 304 g/mol. The maximum absolute atomic E-state index is 11.6. The van der Waals surface area contributed by atoms with Crippen LogP contribution < -0.4 is 5.32 Å². The van der Waals surface area contributed by atoms with Crippen LogP contribution in [0.3, 0.4) is 0 Å². The van der Waals surface area contributed by atoms with Gasteiger partial charge in [-0.05, 0) is 13.8 Å². The average Bonchev–Trinajstić information content (AvgIpc) is 2.63. The zero-order valence-corrected chi connectivity index (χ0v) is 14.2. The molecule has 0 aliphatic carbocycles. The third-order valence-electron chi connectivity index (χ3n) is 3.15. The number of nitrogens with one attached hydrogen (secondary N) is 1. The number of hydrogen-bond acceptors (Lipinski definition) is 5. The van der Waals surface area contributed by atoms with E-state index in [0.717, 1.165) is 10.7 Å². The Kier molecular flexibility index (Phi) is 4.80. The van der Waals surface area contributed by atoms with Crippen LogP contribution >= 0.6 is 11.3 Å². The highest BCUT2D eigenvalue weighted by atomic mass is 32.2. The molecule has 0 spiro atoms. The molecule has 0 amide bonds. The highest BCUT2D eigenvalue weighted by molar-refractivity contribution is 7.92. The fraction of sp³-hybridized carbons (Fsp3) is 0.769. The number of thiazole rings is 1. The van der Waals surface area contributed by atoms with Crippen LogP contribution in [0.25, 0.3) is 0 Å². The molecule has 1 heterocycles. The van der Waals surface area contributed by atoms with Crippen molar-refractivity contribution in [3.63, 3.8) is 0 Å². The van der Waals surface area contributed by atoms with Crippen molar-refractivity contribution in [1.82, 2.24) is 10.3 Å². The van der Waals surface area contributed by atoms with Gasteiger partial charge in [0.15, 0.2) is 9.84 Å². The Hall–Kier alpha value is -0.460. The summed E-state index contributed by atoms with van der Waals surface area (Å²) in [7, 11) is -3.05. The monoisotopic (exact) mass is 304 g/mol. The van der Waals surface area contributed by atoms with Gasteiger partial charge in [0, 0.05) is 30.1 Å². The van der Waals surface area contributed by atoms with E-state index >= 15 is 0 Å². The molecule has 19 heavy (non-hydrogen) atoms. The number of rotatable bonds is 5. The van der Waals surface area contributed by atoms with Gasteiger partial charge < -0.3 is 5.32 Å². The van der Waals surface area contributed by atoms with E-state index in [1.54, 1.807) is 25.2 Å². The number of aromatic nitrogens is 1. The third kappa shape index (κ3) is 4.54. The van der Waals surface area contributed by atoms with Gasteiger partial charge in [0.1, 0.15) is 5.01 Å². The summed E-state index contributed by atoms with van der Waals surface area (Å²) >= 11 is 1.61. The number of nitrogens with zero attached hydrogens (tertiary/aromatic N) is 1. The summed E-state index contributed by atoms with van der Waals surface area (Å²) in [6.07, 6.45) is 1.27. The number of hydrogen-bond donors (Lipinski definition) is 1. The first-order chi connectivity index (χ1) is 8.43. The lowest BCUT2D eigenvalue weighted by molar-refractivity contribution is 0.519. The topological polar surface area (TPSA) is 59.1 Å². The van der Waals surface area contributed by atoms with Crippen molar-refractivity contribution in [1.29, 1.82) is 0 Å². The van der Waals surface area contributed by atoms with Gasteiger partial charge in [-0.3, -0.25) is 0 Å². The lowest BCUT2D eigenvalue weighted by Gasteiger charge is -2.22. The van der Waals surface area contributed by atoms with Crippen LogP contribution in [-0.4, -0.2) is 30.9 Å². The van der Waals surface area contributed by atoms with Crippen LogP contribution in [0.15, 0.2) is 5.38 Å². The third-order valence-corrected chi connectivity index (χ3v) is 6.15. The molecule has 1 aromatic rings. The molecule has 0 aliphatic rings. The second kappa shape index (κ2) is 5.50. The van der Waals surface area contributed by atoms with E-state index in [4.69, 9.17) is 0 Å². The SMILES string of the molecule is CC(C)(C)c1csc(CNCC(C)(C)S(C)(=O)=O)n1. The zero-order chi connectivity index (χ0) is 14.9. The normalized spacial score (nSPS) is 13.8. The van der Waals surface area contributed by atoms with Gasteiger partial charge in [0.05, 0.1) is 10.4 Å². The molecule has 4 nitrogen and oxygen atoms in total. The van der Waals surface area contributed by atoms with Crippen molar-refractivity contribution >= 4 is 21.2 Å². The van der Waals surface area contributed by atoms with Gasteiger partial charge in [-0.1, -0.05) is 20.8 Å². The standard InChI is InChI=1S/C13H24N2O2S2/c1-12(2,3)10-8-18-11(15-10)7-14-9-13(4,5)19(6,16)17/h8,14H,7,9H2,1-6H3. The van der Waals surface area contributed by atoms with Crippen LogP contribution in [0, 0.1) is 0 Å². The smallest absolute Gasteiger partial charge is 0.153 e. The predicted molar refractivity (Wildman–Crippen MR) is 81.4 cm³/mol. The van der Waals surface area contributed by atoms with E-state index in [2.05, 4.69) is 36.5 Å². The molecule has 0 atom stereocenters. The van der Waals surface area contributed by atoms with E-state index in [-0.39, 0.29) is 5.41 Å². The number of sulfone groups is 1. The van der Waals surface area contributed by atoms with E-state index in [1.807, 2.05) is 0 Å². The van der Waals surface area contributed by atoms with Crippen molar-refractivity contribution in [3.8, 4) is 0 Å². The summed E-state index contributed by atoms with van der Waals surface area (Å²) < 4.78 is 22.4. The van der Waals surface area contributed by atoms with Crippen molar-refractivity contribution in [2.24, 2.45) is 0 Å². The minimum atomic E-state index is -3.05. The second-order valence-electron chi connectivity index (χ2n) is 6.51. The van der Waals surface area contributed by atoms with Crippen LogP contribution in [0.4, 0.5) is 0 Å². The second-order valence-corrected chi connectivity index (χ2v) is 10.1. The van der Waals surface area contributed by atoms with Crippen LogP contribution in [0.5, 0.6) is 0 Å².